The van der Waals surface area contributed by atoms with Gasteiger partial charge in [-0.3, -0.25) is 0 Å². The van der Waals surface area contributed by atoms with Crippen molar-refractivity contribution in [3.05, 3.63) is 5.01 Å². The fourth-order valence-corrected chi connectivity index (χ4v) is 1.63. The molecule has 4 nitrogen and oxygen atoms in total. The zero-order valence-electron chi connectivity index (χ0n) is 7.53. The fraction of sp³-hybridized carbons (Fsp3) is 0.714. The molecule has 0 aliphatic heterocycles. The van der Waals surface area contributed by atoms with Crippen LogP contribution in [0.2, 0.25) is 0 Å². The molecule has 0 bridgehead atoms. The first-order chi connectivity index (χ1) is 5.65. The van der Waals surface area contributed by atoms with Crippen molar-refractivity contribution in [2.45, 2.75) is 19.9 Å². The van der Waals surface area contributed by atoms with Crippen molar-refractivity contribution >= 4 is 16.5 Å². The molecule has 5 heteroatoms. The maximum absolute atomic E-state index is 5.89. The van der Waals surface area contributed by atoms with Crippen LogP contribution >= 0.6 is 11.3 Å². The molecule has 0 saturated heterocycles. The first-order valence-electron chi connectivity index (χ1n) is 3.92. The molecular weight excluding hydrogens is 172 g/mol. The van der Waals surface area contributed by atoms with E-state index in [1.165, 1.54) is 11.3 Å². The second kappa shape index (κ2) is 3.82. The first kappa shape index (κ1) is 9.41. The fourth-order valence-electron chi connectivity index (χ4n) is 0.755. The summed E-state index contributed by atoms with van der Waals surface area (Å²) in [6, 6.07) is 0.00426. The molecule has 0 aromatic carbocycles. The number of hydrogen-bond donors (Lipinski definition) is 2. The molecule has 0 radical (unpaired) electrons. The van der Waals surface area contributed by atoms with Crippen LogP contribution < -0.4 is 11.1 Å². The van der Waals surface area contributed by atoms with Crippen molar-refractivity contribution in [2.75, 3.05) is 12.4 Å². The monoisotopic (exact) mass is 186 g/mol. The van der Waals surface area contributed by atoms with Crippen LogP contribution in [0.1, 0.15) is 24.9 Å². The molecule has 0 saturated carbocycles. The van der Waals surface area contributed by atoms with Gasteiger partial charge in [0.05, 0.1) is 6.04 Å². The second-order valence-corrected chi connectivity index (χ2v) is 3.97. The minimum atomic E-state index is 0.00426. The Morgan fingerprint density at radius 2 is 2.08 bits per heavy atom. The highest BCUT2D eigenvalue weighted by molar-refractivity contribution is 7.15. The van der Waals surface area contributed by atoms with Gasteiger partial charge in [-0.25, -0.2) is 0 Å². The van der Waals surface area contributed by atoms with E-state index in [1.807, 2.05) is 7.05 Å². The van der Waals surface area contributed by atoms with Crippen molar-refractivity contribution in [1.82, 2.24) is 10.2 Å². The lowest BCUT2D eigenvalue weighted by molar-refractivity contribution is 0.509. The van der Waals surface area contributed by atoms with Gasteiger partial charge in [-0.15, -0.1) is 10.2 Å². The van der Waals surface area contributed by atoms with Crippen LogP contribution in [0.3, 0.4) is 0 Å². The van der Waals surface area contributed by atoms with Gasteiger partial charge in [0.15, 0.2) is 0 Å². The smallest absolute Gasteiger partial charge is 0.205 e. The summed E-state index contributed by atoms with van der Waals surface area (Å²) >= 11 is 1.51. The Bertz CT molecular complexity index is 245. The first-order valence-corrected chi connectivity index (χ1v) is 4.73. The Morgan fingerprint density at radius 3 is 2.50 bits per heavy atom. The molecule has 0 spiro atoms. The Kier molecular flexibility index (Phi) is 2.99. The average molecular weight is 186 g/mol. The number of aromatic nitrogens is 2. The molecule has 0 aliphatic rings. The molecule has 0 unspecified atom stereocenters. The number of nitrogens with one attached hydrogen (secondary N) is 1. The van der Waals surface area contributed by atoms with E-state index in [1.54, 1.807) is 0 Å². The van der Waals surface area contributed by atoms with E-state index in [0.29, 0.717) is 5.92 Å². The van der Waals surface area contributed by atoms with Gasteiger partial charge in [0.25, 0.3) is 0 Å². The van der Waals surface area contributed by atoms with Gasteiger partial charge in [0.2, 0.25) is 5.13 Å². The maximum atomic E-state index is 5.89. The molecule has 3 N–H and O–H groups in total. The molecule has 12 heavy (non-hydrogen) atoms. The van der Waals surface area contributed by atoms with E-state index in [4.69, 9.17) is 5.73 Å². The number of hydrogen-bond acceptors (Lipinski definition) is 5. The summed E-state index contributed by atoms with van der Waals surface area (Å²) in [4.78, 5) is 0. The van der Waals surface area contributed by atoms with Crippen molar-refractivity contribution in [2.24, 2.45) is 11.7 Å². The third kappa shape index (κ3) is 1.92. The van der Waals surface area contributed by atoms with E-state index in [9.17, 15) is 0 Å². The van der Waals surface area contributed by atoms with Gasteiger partial charge in [-0.2, -0.15) is 0 Å². The Labute approximate surface area is 76.2 Å². The normalized spacial score (nSPS) is 13.4. The molecule has 1 atom stereocenters. The molecule has 1 heterocycles. The summed E-state index contributed by atoms with van der Waals surface area (Å²) in [5.41, 5.74) is 5.89. The van der Waals surface area contributed by atoms with Crippen molar-refractivity contribution < 1.29 is 0 Å². The minimum Gasteiger partial charge on any atom is -0.363 e. The molecule has 0 aliphatic carbocycles. The lowest BCUT2D eigenvalue weighted by Gasteiger charge is -2.10. The van der Waals surface area contributed by atoms with Gasteiger partial charge in [-0.1, -0.05) is 25.2 Å². The van der Waals surface area contributed by atoms with E-state index in [2.05, 4.69) is 29.4 Å². The quantitative estimate of drug-likeness (QED) is 0.745. The Morgan fingerprint density at radius 1 is 1.42 bits per heavy atom. The van der Waals surface area contributed by atoms with Crippen LogP contribution in [-0.4, -0.2) is 17.2 Å². The zero-order chi connectivity index (χ0) is 9.14. The van der Waals surface area contributed by atoms with Crippen molar-refractivity contribution in [1.29, 1.82) is 0 Å². The third-order valence-electron chi connectivity index (χ3n) is 1.66. The van der Waals surface area contributed by atoms with Gasteiger partial charge in [0, 0.05) is 7.05 Å². The minimum absolute atomic E-state index is 0.00426. The highest BCUT2D eigenvalue weighted by Gasteiger charge is 2.14. The Balaban J connectivity index is 2.74. The largest absolute Gasteiger partial charge is 0.363 e. The van der Waals surface area contributed by atoms with Crippen LogP contribution in [0, 0.1) is 5.92 Å². The highest BCUT2D eigenvalue weighted by atomic mass is 32.1. The second-order valence-electron chi connectivity index (χ2n) is 2.97. The van der Waals surface area contributed by atoms with E-state index in [-0.39, 0.29) is 6.04 Å². The summed E-state index contributed by atoms with van der Waals surface area (Å²) in [6.45, 7) is 4.15. The topological polar surface area (TPSA) is 63.8 Å². The predicted molar refractivity (Wildman–Crippen MR) is 51.2 cm³/mol. The van der Waals surface area contributed by atoms with Gasteiger partial charge < -0.3 is 11.1 Å². The summed E-state index contributed by atoms with van der Waals surface area (Å²) in [7, 11) is 1.82. The molecule has 1 rings (SSSR count). The number of nitrogens with two attached hydrogens (primary N) is 1. The van der Waals surface area contributed by atoms with E-state index >= 15 is 0 Å². The molecule has 0 fully saturated rings. The molecule has 1 aromatic rings. The summed E-state index contributed by atoms with van der Waals surface area (Å²) in [6.07, 6.45) is 0. The molecule has 0 amide bonds. The summed E-state index contributed by atoms with van der Waals surface area (Å²) < 4.78 is 0. The lowest BCUT2D eigenvalue weighted by Crippen LogP contribution is -2.16. The van der Waals surface area contributed by atoms with E-state index in [0.717, 1.165) is 10.1 Å². The number of nitrogens with zero attached hydrogens (tertiary/aromatic N) is 2. The maximum Gasteiger partial charge on any atom is 0.205 e. The predicted octanol–water partition coefficient (Wildman–Crippen LogP) is 1.24. The van der Waals surface area contributed by atoms with E-state index < -0.39 is 0 Å². The molecule has 1 aromatic heterocycles. The van der Waals surface area contributed by atoms with Crippen LogP contribution in [0.5, 0.6) is 0 Å². The van der Waals surface area contributed by atoms with Gasteiger partial charge in [0.1, 0.15) is 5.01 Å². The number of anilines is 1. The standard InChI is InChI=1S/C7H14N4S/c1-4(2)5(8)6-10-11-7(9-3)12-6/h4-5H,8H2,1-3H3,(H,9,11)/t5-/m0/s1. The SMILES string of the molecule is CNc1nnc([C@@H](N)C(C)C)s1. The third-order valence-corrected chi connectivity index (χ3v) is 2.70. The van der Waals surface area contributed by atoms with Gasteiger partial charge >= 0.3 is 0 Å². The van der Waals surface area contributed by atoms with Gasteiger partial charge in [-0.05, 0) is 5.92 Å². The number of rotatable bonds is 3. The summed E-state index contributed by atoms with van der Waals surface area (Å²) in [5.74, 6) is 0.405. The van der Waals surface area contributed by atoms with Crippen LogP contribution in [0.25, 0.3) is 0 Å². The summed E-state index contributed by atoms with van der Waals surface area (Å²) in [5, 5.41) is 12.6. The lowest BCUT2D eigenvalue weighted by atomic mass is 10.1. The molecule has 68 valence electrons. The average Bonchev–Trinajstić information content (AvgIpc) is 2.50. The molecular formula is C7H14N4S. The van der Waals surface area contributed by atoms with Crippen molar-refractivity contribution in [3.63, 3.8) is 0 Å². The van der Waals surface area contributed by atoms with Crippen molar-refractivity contribution in [3.8, 4) is 0 Å². The van der Waals surface area contributed by atoms with Crippen LogP contribution in [0.15, 0.2) is 0 Å². The Hall–Kier alpha value is -0.680. The highest BCUT2D eigenvalue weighted by Crippen LogP contribution is 2.24. The zero-order valence-corrected chi connectivity index (χ0v) is 8.35. The van der Waals surface area contributed by atoms with Crippen LogP contribution in [0.4, 0.5) is 5.13 Å². The van der Waals surface area contributed by atoms with Crippen LogP contribution in [-0.2, 0) is 0 Å².